The number of methoxy groups -OCH3 is 1. The van der Waals surface area contributed by atoms with E-state index in [1.165, 1.54) is 39.2 Å². The molecule has 0 saturated carbocycles. The minimum Gasteiger partial charge on any atom is -0.495 e. The van der Waals surface area contributed by atoms with Crippen LogP contribution in [0, 0.1) is 5.41 Å². The predicted octanol–water partition coefficient (Wildman–Crippen LogP) is 1.86. The normalized spacial score (nSPS) is 16.8. The third-order valence-electron chi connectivity index (χ3n) is 4.94. The van der Waals surface area contributed by atoms with Gasteiger partial charge in [-0.1, -0.05) is 27.7 Å². The first-order chi connectivity index (χ1) is 16.1. The van der Waals surface area contributed by atoms with Gasteiger partial charge in [-0.2, -0.15) is 4.28 Å². The highest BCUT2D eigenvalue weighted by molar-refractivity contribution is 7.80. The average Bonchev–Trinajstić information content (AvgIpc) is 2.98. The van der Waals surface area contributed by atoms with E-state index in [1.807, 2.05) is 5.48 Å². The molecule has 2 unspecified atom stereocenters. The molecule has 1 fully saturated rings. The number of Topliss-reactive ketones (excluding diaryl/α,β-unsaturated/α-hetero) is 1. The summed E-state index contributed by atoms with van der Waals surface area (Å²) in [5.41, 5.74) is -0.644. The van der Waals surface area contributed by atoms with Gasteiger partial charge in [0.1, 0.15) is 5.75 Å². The average molecular weight is 512 g/mol. The fraction of sp³-hybridized carbons (Fsp3) is 0.500. The van der Waals surface area contributed by atoms with Crippen molar-refractivity contribution in [2.75, 3.05) is 12.4 Å². The van der Waals surface area contributed by atoms with Crippen LogP contribution in [0.5, 0.6) is 5.75 Å². The van der Waals surface area contributed by atoms with Gasteiger partial charge in [0.15, 0.2) is 17.4 Å². The lowest BCUT2D eigenvalue weighted by molar-refractivity contribution is -0.145. The van der Waals surface area contributed by atoms with E-state index >= 15 is 0 Å². The molecule has 0 aromatic heterocycles. The van der Waals surface area contributed by atoms with Gasteiger partial charge in [-0.25, -0.2) is 19.4 Å². The molecule has 2 N–H and O–H groups in total. The summed E-state index contributed by atoms with van der Waals surface area (Å²) in [7, 11) is 1.32. The lowest BCUT2D eigenvalue weighted by atomic mass is 9.85. The molecule has 0 bridgehead atoms. The number of nitrogens with zero attached hydrogens (tertiary/aromatic N) is 1. The number of imide groups is 1. The molecule has 1 aliphatic heterocycles. The van der Waals surface area contributed by atoms with E-state index in [-0.39, 0.29) is 22.8 Å². The van der Waals surface area contributed by atoms with Gasteiger partial charge in [0.2, 0.25) is 17.0 Å². The largest absolute Gasteiger partial charge is 0.495 e. The summed E-state index contributed by atoms with van der Waals surface area (Å²) in [6, 6.07) is 2.17. The fourth-order valence-corrected chi connectivity index (χ4v) is 3.62. The van der Waals surface area contributed by atoms with Crippen molar-refractivity contribution < 1.29 is 41.9 Å². The molecular formula is C22H29N3O9S. The highest BCUT2D eigenvalue weighted by Gasteiger charge is 2.55. The maximum absolute atomic E-state index is 13.3. The van der Waals surface area contributed by atoms with Crippen molar-refractivity contribution in [3.05, 3.63) is 18.2 Å². The molecule has 35 heavy (non-hydrogen) atoms. The second-order valence-corrected chi connectivity index (χ2v) is 10.2. The summed E-state index contributed by atoms with van der Waals surface area (Å²) in [5.74, 6) is -2.91. The Kier molecular flexibility index (Phi) is 8.39. The number of cyclic esters (lactones) is 1. The number of anilines is 1. The van der Waals surface area contributed by atoms with Crippen molar-refractivity contribution in [3.8, 4) is 5.75 Å². The monoisotopic (exact) mass is 511 g/mol. The lowest BCUT2D eigenvalue weighted by Crippen LogP contribution is -2.55. The molecule has 4 amide bonds. The summed E-state index contributed by atoms with van der Waals surface area (Å²) < 4.78 is 27.5. The Bertz CT molecular complexity index is 1080. The highest BCUT2D eigenvalue weighted by atomic mass is 32.2. The van der Waals surface area contributed by atoms with Crippen LogP contribution in [0.4, 0.5) is 10.5 Å². The lowest BCUT2D eigenvalue weighted by Gasteiger charge is -2.28. The third-order valence-corrected chi connectivity index (χ3v) is 5.81. The van der Waals surface area contributed by atoms with Gasteiger partial charge >= 0.3 is 6.09 Å². The third kappa shape index (κ3) is 6.22. The number of benzene rings is 1. The van der Waals surface area contributed by atoms with Gasteiger partial charge in [-0.05, 0) is 32.0 Å². The molecule has 0 aliphatic carbocycles. The van der Waals surface area contributed by atoms with Crippen LogP contribution in [0.2, 0.25) is 0 Å². The Morgan fingerprint density at radius 2 is 1.83 bits per heavy atom. The predicted molar refractivity (Wildman–Crippen MR) is 123 cm³/mol. The number of carbonyl (C=O) groups is 5. The molecule has 1 saturated heterocycles. The van der Waals surface area contributed by atoms with Crippen LogP contribution in [-0.4, -0.2) is 57.5 Å². The van der Waals surface area contributed by atoms with Gasteiger partial charge in [0.25, 0.3) is 11.8 Å². The number of ether oxygens (including phenoxy) is 2. The topological polar surface area (TPSA) is 157 Å². The summed E-state index contributed by atoms with van der Waals surface area (Å²) in [6.45, 7) is 8.91. The van der Waals surface area contributed by atoms with Crippen LogP contribution < -0.4 is 15.5 Å². The summed E-state index contributed by atoms with van der Waals surface area (Å²) in [5, 5.41) is 2.47. The Balaban J connectivity index is 2.43. The molecule has 2 rings (SSSR count). The first kappa shape index (κ1) is 27.9. The van der Waals surface area contributed by atoms with Gasteiger partial charge in [0, 0.05) is 11.8 Å². The Hall–Kier alpha value is -3.32. The van der Waals surface area contributed by atoms with E-state index in [4.69, 9.17) is 13.8 Å². The van der Waals surface area contributed by atoms with Gasteiger partial charge < -0.3 is 14.8 Å². The van der Waals surface area contributed by atoms with Crippen LogP contribution in [0.15, 0.2) is 23.1 Å². The van der Waals surface area contributed by atoms with Crippen molar-refractivity contribution in [3.63, 3.8) is 0 Å². The Morgan fingerprint density at radius 3 is 2.31 bits per heavy atom. The summed E-state index contributed by atoms with van der Waals surface area (Å²) in [4.78, 5) is 63.7. The molecule has 192 valence electrons. The number of hydrogen-bond acceptors (Lipinski definition) is 9. The van der Waals surface area contributed by atoms with E-state index in [9.17, 15) is 28.2 Å². The number of ketones is 1. The smallest absolute Gasteiger partial charge is 0.418 e. The molecule has 1 heterocycles. The second kappa shape index (κ2) is 10.5. The zero-order valence-electron chi connectivity index (χ0n) is 20.5. The number of carbonyl (C=O) groups excluding carboxylic acids is 5. The zero-order valence-corrected chi connectivity index (χ0v) is 21.4. The Labute approximate surface area is 205 Å². The summed E-state index contributed by atoms with van der Waals surface area (Å²) >= 11 is -2.14. The summed E-state index contributed by atoms with van der Waals surface area (Å²) in [6.07, 6.45) is -1.02. The van der Waals surface area contributed by atoms with E-state index in [0.29, 0.717) is 4.90 Å². The second-order valence-electron chi connectivity index (χ2n) is 9.12. The molecule has 12 nitrogen and oxygen atoms in total. The number of rotatable bonds is 9. The maximum Gasteiger partial charge on any atom is 0.418 e. The van der Waals surface area contributed by atoms with Crippen LogP contribution >= 0.6 is 0 Å². The van der Waals surface area contributed by atoms with E-state index in [2.05, 4.69) is 5.32 Å². The fourth-order valence-electron chi connectivity index (χ4n) is 2.96. The number of hydroxylamine groups is 1. The standard InChI is InChI=1S/C22H29N3O9S/c1-8-15(26)24-34-35(31)12-9-10-14(32-7)13(11-12)23-18(28)16(17(27)21(2,3)4)25-19(29)22(5,6)33-20(25)30/h9-11,16H,8H2,1-7H3,(H,23,28)(H,24,26). The molecule has 2 atom stereocenters. The number of amides is 4. The minimum absolute atomic E-state index is 0.0141. The van der Waals surface area contributed by atoms with Gasteiger partial charge in [0.05, 0.1) is 17.7 Å². The highest BCUT2D eigenvalue weighted by Crippen LogP contribution is 2.32. The molecule has 1 aromatic rings. The number of hydrogen-bond donors (Lipinski definition) is 2. The van der Waals surface area contributed by atoms with E-state index in [0.717, 1.165) is 0 Å². The SMILES string of the molecule is CCC(=O)NOS(=O)c1ccc(OC)c(NC(=O)C(C(=O)C(C)(C)C)N2C(=O)OC(C)(C)C2=O)c1. The molecule has 1 aromatic carbocycles. The van der Waals surface area contributed by atoms with Crippen molar-refractivity contribution >= 4 is 46.4 Å². The van der Waals surface area contributed by atoms with Crippen molar-refractivity contribution in [2.24, 2.45) is 5.41 Å². The van der Waals surface area contributed by atoms with Crippen LogP contribution in [0.3, 0.4) is 0 Å². The molecule has 13 heteroatoms. The van der Waals surface area contributed by atoms with E-state index in [1.54, 1.807) is 27.7 Å². The first-order valence-corrected chi connectivity index (χ1v) is 11.7. The van der Waals surface area contributed by atoms with Crippen LogP contribution in [0.25, 0.3) is 0 Å². The molecule has 0 spiro atoms. The van der Waals surface area contributed by atoms with Crippen molar-refractivity contribution in [2.45, 2.75) is 64.5 Å². The quantitative estimate of drug-likeness (QED) is 0.373. The van der Waals surface area contributed by atoms with Crippen LogP contribution in [-0.2, 0) is 39.3 Å². The van der Waals surface area contributed by atoms with Gasteiger partial charge in [-0.15, -0.1) is 0 Å². The zero-order chi connectivity index (χ0) is 26.7. The molecular weight excluding hydrogens is 482 g/mol. The Morgan fingerprint density at radius 1 is 1.20 bits per heavy atom. The van der Waals surface area contributed by atoms with Crippen molar-refractivity contribution in [1.29, 1.82) is 0 Å². The first-order valence-electron chi connectivity index (χ1n) is 10.6. The number of nitrogens with one attached hydrogen (secondary N) is 2. The molecule has 0 radical (unpaired) electrons. The van der Waals surface area contributed by atoms with E-state index < -0.39 is 57.7 Å². The van der Waals surface area contributed by atoms with Crippen LogP contribution in [0.1, 0.15) is 48.0 Å². The maximum atomic E-state index is 13.3. The molecule has 1 aliphatic rings. The van der Waals surface area contributed by atoms with Gasteiger partial charge in [-0.3, -0.25) is 19.2 Å². The van der Waals surface area contributed by atoms with Crippen molar-refractivity contribution in [1.82, 2.24) is 10.4 Å². The minimum atomic E-state index is -2.14.